The molecule has 98 valence electrons. The second kappa shape index (κ2) is 5.22. The molecule has 1 atom stereocenters. The Morgan fingerprint density at radius 1 is 1.22 bits per heavy atom. The highest BCUT2D eigenvalue weighted by molar-refractivity contribution is 9.10. The summed E-state index contributed by atoms with van der Waals surface area (Å²) in [7, 11) is 0. The largest absolute Gasteiger partial charge is 0.506 e. The highest BCUT2D eigenvalue weighted by Crippen LogP contribution is 2.42. The lowest BCUT2D eigenvalue weighted by molar-refractivity contribution is 0.419. The van der Waals surface area contributed by atoms with Gasteiger partial charge in [-0.1, -0.05) is 0 Å². The normalized spacial score (nSPS) is 23.7. The van der Waals surface area contributed by atoms with Gasteiger partial charge in [0.15, 0.2) is 0 Å². The summed E-state index contributed by atoms with van der Waals surface area (Å²) >= 11 is 3.52. The molecule has 1 aliphatic heterocycles. The monoisotopic (exact) mass is 309 g/mol. The standard InChI is InChI=1S/C15H20BrNO/c16-13-8-10-4-1-2-6-12(10)14(15(13)18)11-5-3-7-17-9-11/h8,11,17-18H,1-7,9H2. The topological polar surface area (TPSA) is 32.3 Å². The zero-order chi connectivity index (χ0) is 12.5. The first-order valence-electron chi connectivity index (χ1n) is 7.01. The molecular formula is C15H20BrNO. The van der Waals surface area contributed by atoms with E-state index in [0.29, 0.717) is 11.7 Å². The second-order valence-electron chi connectivity index (χ2n) is 5.51. The smallest absolute Gasteiger partial charge is 0.133 e. The zero-order valence-electron chi connectivity index (χ0n) is 10.6. The van der Waals surface area contributed by atoms with E-state index in [4.69, 9.17) is 0 Å². The molecule has 0 radical (unpaired) electrons. The van der Waals surface area contributed by atoms with Crippen LogP contribution in [-0.4, -0.2) is 18.2 Å². The number of hydrogen-bond donors (Lipinski definition) is 2. The second-order valence-corrected chi connectivity index (χ2v) is 6.36. The number of piperidine rings is 1. The van der Waals surface area contributed by atoms with Crippen molar-refractivity contribution in [1.82, 2.24) is 5.32 Å². The number of halogens is 1. The van der Waals surface area contributed by atoms with Gasteiger partial charge in [-0.25, -0.2) is 0 Å². The number of aromatic hydroxyl groups is 1. The Morgan fingerprint density at radius 3 is 2.83 bits per heavy atom. The summed E-state index contributed by atoms with van der Waals surface area (Å²) in [5.41, 5.74) is 4.12. The van der Waals surface area contributed by atoms with E-state index in [1.165, 1.54) is 48.8 Å². The van der Waals surface area contributed by atoms with Crippen molar-refractivity contribution in [3.63, 3.8) is 0 Å². The molecule has 1 heterocycles. The highest BCUT2D eigenvalue weighted by Gasteiger charge is 2.26. The van der Waals surface area contributed by atoms with Crippen LogP contribution in [0.25, 0.3) is 0 Å². The molecule has 0 amide bonds. The molecule has 1 fully saturated rings. The molecule has 0 saturated carbocycles. The number of rotatable bonds is 1. The fourth-order valence-electron chi connectivity index (χ4n) is 3.43. The van der Waals surface area contributed by atoms with Crippen LogP contribution in [0.4, 0.5) is 0 Å². The van der Waals surface area contributed by atoms with E-state index in [1.54, 1.807) is 0 Å². The highest BCUT2D eigenvalue weighted by atomic mass is 79.9. The predicted octanol–water partition coefficient (Wildman–Crippen LogP) is 3.50. The molecule has 18 heavy (non-hydrogen) atoms. The molecule has 1 aromatic rings. The van der Waals surface area contributed by atoms with Gasteiger partial charge in [0.05, 0.1) is 4.47 Å². The van der Waals surface area contributed by atoms with Crippen molar-refractivity contribution in [2.75, 3.05) is 13.1 Å². The Labute approximate surface area is 117 Å². The van der Waals surface area contributed by atoms with E-state index < -0.39 is 0 Å². The van der Waals surface area contributed by atoms with Crippen molar-refractivity contribution in [3.05, 3.63) is 27.2 Å². The lowest BCUT2D eigenvalue weighted by Gasteiger charge is -2.29. The van der Waals surface area contributed by atoms with Gasteiger partial charge in [-0.15, -0.1) is 0 Å². The number of phenols is 1. The van der Waals surface area contributed by atoms with Crippen LogP contribution in [-0.2, 0) is 12.8 Å². The van der Waals surface area contributed by atoms with Gasteiger partial charge in [0.1, 0.15) is 5.75 Å². The van der Waals surface area contributed by atoms with Gasteiger partial charge in [-0.05, 0) is 78.2 Å². The SMILES string of the molecule is Oc1c(Br)cc2c(c1C1CCCNC1)CCCC2. The van der Waals surface area contributed by atoms with Crippen molar-refractivity contribution < 1.29 is 5.11 Å². The number of phenolic OH excluding ortho intramolecular Hbond substituents is 1. The minimum atomic E-state index is 0.489. The lowest BCUT2D eigenvalue weighted by Crippen LogP contribution is -2.29. The first-order valence-corrected chi connectivity index (χ1v) is 7.80. The van der Waals surface area contributed by atoms with E-state index in [9.17, 15) is 5.11 Å². The summed E-state index contributed by atoms with van der Waals surface area (Å²) in [4.78, 5) is 0. The van der Waals surface area contributed by atoms with Crippen LogP contribution in [0.3, 0.4) is 0 Å². The fourth-order valence-corrected chi connectivity index (χ4v) is 3.92. The molecule has 0 aromatic heterocycles. The summed E-state index contributed by atoms with van der Waals surface area (Å²) in [6.45, 7) is 2.13. The van der Waals surface area contributed by atoms with Gasteiger partial charge in [0, 0.05) is 18.0 Å². The van der Waals surface area contributed by atoms with Crippen molar-refractivity contribution in [3.8, 4) is 5.75 Å². The zero-order valence-corrected chi connectivity index (χ0v) is 12.2. The molecule has 0 spiro atoms. The minimum absolute atomic E-state index is 0.489. The predicted molar refractivity (Wildman–Crippen MR) is 77.3 cm³/mol. The summed E-state index contributed by atoms with van der Waals surface area (Å²) in [5, 5.41) is 13.9. The van der Waals surface area contributed by atoms with E-state index in [1.807, 2.05) is 0 Å². The van der Waals surface area contributed by atoms with Gasteiger partial charge in [0.2, 0.25) is 0 Å². The Morgan fingerprint density at radius 2 is 2.06 bits per heavy atom. The molecule has 2 N–H and O–H groups in total. The molecule has 1 unspecified atom stereocenters. The Bertz CT molecular complexity index is 452. The van der Waals surface area contributed by atoms with E-state index in [-0.39, 0.29) is 0 Å². The maximum atomic E-state index is 10.4. The number of fused-ring (bicyclic) bond motifs is 1. The molecule has 1 saturated heterocycles. The number of benzene rings is 1. The number of nitrogens with one attached hydrogen (secondary N) is 1. The third kappa shape index (κ3) is 2.19. The van der Waals surface area contributed by atoms with Crippen LogP contribution in [0.2, 0.25) is 0 Å². The number of hydrogen-bond acceptors (Lipinski definition) is 2. The van der Waals surface area contributed by atoms with Crippen LogP contribution < -0.4 is 5.32 Å². The molecule has 2 nitrogen and oxygen atoms in total. The maximum Gasteiger partial charge on any atom is 0.133 e. The summed E-state index contributed by atoms with van der Waals surface area (Å²) in [5.74, 6) is 0.979. The van der Waals surface area contributed by atoms with Crippen molar-refractivity contribution >= 4 is 15.9 Å². The summed E-state index contributed by atoms with van der Waals surface area (Å²) in [6.07, 6.45) is 7.27. The van der Waals surface area contributed by atoms with Crippen molar-refractivity contribution in [1.29, 1.82) is 0 Å². The number of aryl methyl sites for hydroxylation is 1. The average Bonchev–Trinajstić information content (AvgIpc) is 2.41. The molecule has 0 bridgehead atoms. The lowest BCUT2D eigenvalue weighted by atomic mass is 9.81. The first kappa shape index (κ1) is 12.5. The Kier molecular flexibility index (Phi) is 3.62. The maximum absolute atomic E-state index is 10.4. The molecule has 3 rings (SSSR count). The van der Waals surface area contributed by atoms with Crippen LogP contribution in [0.1, 0.15) is 48.3 Å². The average molecular weight is 310 g/mol. The van der Waals surface area contributed by atoms with Crippen LogP contribution in [0, 0.1) is 0 Å². The summed E-state index contributed by atoms with van der Waals surface area (Å²) in [6, 6.07) is 2.13. The Hall–Kier alpha value is -0.540. The molecule has 1 aromatic carbocycles. The van der Waals surface area contributed by atoms with E-state index in [0.717, 1.165) is 24.0 Å². The van der Waals surface area contributed by atoms with Crippen molar-refractivity contribution in [2.24, 2.45) is 0 Å². The van der Waals surface area contributed by atoms with Gasteiger partial charge >= 0.3 is 0 Å². The molecule has 2 aliphatic rings. The third-order valence-electron chi connectivity index (χ3n) is 4.32. The van der Waals surface area contributed by atoms with E-state index >= 15 is 0 Å². The van der Waals surface area contributed by atoms with Crippen LogP contribution >= 0.6 is 15.9 Å². The van der Waals surface area contributed by atoms with Crippen LogP contribution in [0.5, 0.6) is 5.75 Å². The van der Waals surface area contributed by atoms with E-state index in [2.05, 4.69) is 27.3 Å². The third-order valence-corrected chi connectivity index (χ3v) is 4.93. The van der Waals surface area contributed by atoms with Gasteiger partial charge < -0.3 is 10.4 Å². The summed E-state index contributed by atoms with van der Waals surface area (Å²) < 4.78 is 0.878. The molecule has 1 aliphatic carbocycles. The van der Waals surface area contributed by atoms with Crippen molar-refractivity contribution in [2.45, 2.75) is 44.4 Å². The molecule has 3 heteroatoms. The fraction of sp³-hybridized carbons (Fsp3) is 0.600. The minimum Gasteiger partial charge on any atom is -0.506 e. The quantitative estimate of drug-likeness (QED) is 0.832. The van der Waals surface area contributed by atoms with Crippen LogP contribution in [0.15, 0.2) is 10.5 Å². The van der Waals surface area contributed by atoms with Gasteiger partial charge in [0.25, 0.3) is 0 Å². The van der Waals surface area contributed by atoms with Gasteiger partial charge in [-0.3, -0.25) is 0 Å². The van der Waals surface area contributed by atoms with Gasteiger partial charge in [-0.2, -0.15) is 0 Å². The first-order chi connectivity index (χ1) is 8.77. The molecular weight excluding hydrogens is 290 g/mol. The Balaban J connectivity index is 2.07.